The van der Waals surface area contributed by atoms with E-state index in [1.165, 1.54) is 5.56 Å². The van der Waals surface area contributed by atoms with Gasteiger partial charge in [-0.05, 0) is 30.0 Å². The number of carbonyl (C=O) groups is 1. The van der Waals surface area contributed by atoms with Gasteiger partial charge in [0.2, 0.25) is 0 Å². The van der Waals surface area contributed by atoms with Crippen molar-refractivity contribution in [1.29, 1.82) is 0 Å². The van der Waals surface area contributed by atoms with E-state index in [2.05, 4.69) is 15.9 Å². The highest BCUT2D eigenvalue weighted by atomic mass is 79.9. The number of carboxylic acid groups (broad SMARTS) is 1. The molecule has 0 fully saturated rings. The molecule has 0 aliphatic heterocycles. The summed E-state index contributed by atoms with van der Waals surface area (Å²) in [6.45, 7) is -0.250. The molecule has 76 valence electrons. The van der Waals surface area contributed by atoms with Crippen LogP contribution in [0.4, 0.5) is 0 Å². The van der Waals surface area contributed by atoms with Crippen molar-refractivity contribution in [3.8, 4) is 0 Å². The topological polar surface area (TPSA) is 57.5 Å². The second kappa shape index (κ2) is 5.12. The maximum absolute atomic E-state index is 9.48. The summed E-state index contributed by atoms with van der Waals surface area (Å²) in [5.74, 6) is 0. The zero-order valence-electron chi connectivity index (χ0n) is 7.48. The molecule has 1 aromatic rings. The smallest absolute Gasteiger partial charge is 0.290 e. The largest absolute Gasteiger partial charge is 0.483 e. The molecule has 1 aliphatic carbocycles. The Labute approximate surface area is 90.5 Å². The van der Waals surface area contributed by atoms with Crippen LogP contribution in [0.15, 0.2) is 22.7 Å². The molecule has 0 unspecified atom stereocenters. The molecule has 2 N–H and O–H groups in total. The van der Waals surface area contributed by atoms with Gasteiger partial charge in [-0.25, -0.2) is 0 Å². The van der Waals surface area contributed by atoms with E-state index in [0.29, 0.717) is 0 Å². The Morgan fingerprint density at radius 3 is 2.71 bits per heavy atom. The van der Waals surface area contributed by atoms with Crippen LogP contribution in [0.25, 0.3) is 0 Å². The van der Waals surface area contributed by atoms with Crippen LogP contribution in [0.2, 0.25) is 0 Å². The van der Waals surface area contributed by atoms with Crippen LogP contribution in [-0.2, 0) is 11.2 Å². The minimum atomic E-state index is -0.250. The number of hydrogen-bond acceptors (Lipinski definition) is 2. The van der Waals surface area contributed by atoms with E-state index in [1.807, 2.05) is 18.2 Å². The number of aliphatic hydroxyl groups excluding tert-OH is 1. The molecular formula is C10H11BrO3. The molecule has 2 rings (SSSR count). The summed E-state index contributed by atoms with van der Waals surface area (Å²) < 4.78 is 1.13. The van der Waals surface area contributed by atoms with Gasteiger partial charge in [-0.2, -0.15) is 0 Å². The van der Waals surface area contributed by atoms with Gasteiger partial charge < -0.3 is 10.2 Å². The molecule has 1 atom stereocenters. The highest BCUT2D eigenvalue weighted by Crippen LogP contribution is 2.35. The molecule has 1 aliphatic rings. The van der Waals surface area contributed by atoms with E-state index in [4.69, 9.17) is 9.90 Å². The number of aliphatic hydroxyl groups is 1. The lowest BCUT2D eigenvalue weighted by molar-refractivity contribution is -0.122. The summed E-state index contributed by atoms with van der Waals surface area (Å²) in [6.07, 6.45) is 1.64. The Hall–Kier alpha value is -0.870. The number of fused-ring (bicyclic) bond motifs is 1. The van der Waals surface area contributed by atoms with Crippen molar-refractivity contribution in [2.24, 2.45) is 0 Å². The fourth-order valence-corrected chi connectivity index (χ4v) is 2.17. The fraction of sp³-hybridized carbons (Fsp3) is 0.300. The van der Waals surface area contributed by atoms with Gasteiger partial charge in [-0.1, -0.05) is 28.1 Å². The Bertz CT molecular complexity index is 325. The monoisotopic (exact) mass is 258 g/mol. The first-order chi connectivity index (χ1) is 6.70. The number of halogens is 1. The van der Waals surface area contributed by atoms with Crippen molar-refractivity contribution in [3.63, 3.8) is 0 Å². The highest BCUT2D eigenvalue weighted by molar-refractivity contribution is 9.10. The van der Waals surface area contributed by atoms with Gasteiger partial charge in [-0.3, -0.25) is 4.79 Å². The van der Waals surface area contributed by atoms with Crippen LogP contribution in [0.1, 0.15) is 23.7 Å². The molecule has 0 bridgehead atoms. The molecule has 0 radical (unpaired) electrons. The van der Waals surface area contributed by atoms with Gasteiger partial charge in [0.25, 0.3) is 6.47 Å². The predicted molar refractivity (Wildman–Crippen MR) is 56.1 cm³/mol. The van der Waals surface area contributed by atoms with Gasteiger partial charge in [-0.15, -0.1) is 0 Å². The summed E-state index contributed by atoms with van der Waals surface area (Å²) in [4.78, 5) is 8.36. The SMILES string of the molecule is O=CO.O[C@H]1CCc2c(Br)cccc21. The number of rotatable bonds is 0. The molecule has 0 spiro atoms. The van der Waals surface area contributed by atoms with E-state index in [-0.39, 0.29) is 12.6 Å². The molecule has 1 aromatic carbocycles. The van der Waals surface area contributed by atoms with Crippen molar-refractivity contribution < 1.29 is 15.0 Å². The van der Waals surface area contributed by atoms with Crippen LogP contribution in [0, 0.1) is 0 Å². The summed E-state index contributed by atoms with van der Waals surface area (Å²) in [5.41, 5.74) is 2.37. The third-order valence-corrected chi connectivity index (χ3v) is 2.92. The molecule has 0 heterocycles. The van der Waals surface area contributed by atoms with E-state index in [0.717, 1.165) is 22.9 Å². The first-order valence-corrected chi connectivity index (χ1v) is 5.03. The average molecular weight is 259 g/mol. The Balaban J connectivity index is 0.000000293. The van der Waals surface area contributed by atoms with E-state index in [1.54, 1.807) is 0 Å². The zero-order valence-corrected chi connectivity index (χ0v) is 9.07. The Morgan fingerprint density at radius 2 is 2.14 bits per heavy atom. The maximum Gasteiger partial charge on any atom is 0.290 e. The zero-order chi connectivity index (χ0) is 10.6. The van der Waals surface area contributed by atoms with Gasteiger partial charge in [0.05, 0.1) is 6.10 Å². The average Bonchev–Trinajstić information content (AvgIpc) is 2.51. The van der Waals surface area contributed by atoms with Crippen LogP contribution in [0.3, 0.4) is 0 Å². The molecule has 0 aromatic heterocycles. The predicted octanol–water partition coefficient (Wildman–Crippen LogP) is 2.13. The highest BCUT2D eigenvalue weighted by Gasteiger charge is 2.21. The molecular weight excluding hydrogens is 248 g/mol. The standard InChI is InChI=1S/C9H9BrO.CH2O2/c10-8-3-1-2-7-6(8)4-5-9(7)11;2-1-3/h1-3,9,11H,4-5H2;1H,(H,2,3)/t9-;/m0./s1. The Kier molecular flexibility index (Phi) is 4.10. The second-order valence-corrected chi connectivity index (χ2v) is 3.82. The van der Waals surface area contributed by atoms with Crippen LogP contribution in [0.5, 0.6) is 0 Å². The van der Waals surface area contributed by atoms with Crippen LogP contribution < -0.4 is 0 Å². The van der Waals surface area contributed by atoms with Crippen LogP contribution >= 0.6 is 15.9 Å². The van der Waals surface area contributed by atoms with Crippen molar-refractivity contribution in [3.05, 3.63) is 33.8 Å². The van der Waals surface area contributed by atoms with Crippen molar-refractivity contribution in [2.75, 3.05) is 0 Å². The lowest BCUT2D eigenvalue weighted by Crippen LogP contribution is -1.89. The van der Waals surface area contributed by atoms with Gasteiger partial charge in [0.15, 0.2) is 0 Å². The molecule has 4 heteroatoms. The van der Waals surface area contributed by atoms with Crippen molar-refractivity contribution >= 4 is 22.4 Å². The number of benzene rings is 1. The molecule has 0 amide bonds. The summed E-state index contributed by atoms with van der Waals surface area (Å²) in [7, 11) is 0. The minimum absolute atomic E-state index is 0.234. The quantitative estimate of drug-likeness (QED) is 0.702. The summed E-state index contributed by atoms with van der Waals surface area (Å²) >= 11 is 3.46. The summed E-state index contributed by atoms with van der Waals surface area (Å²) in [6, 6.07) is 5.99. The maximum atomic E-state index is 9.48. The lowest BCUT2D eigenvalue weighted by atomic mass is 10.1. The molecule has 0 saturated heterocycles. The third-order valence-electron chi connectivity index (χ3n) is 2.18. The Morgan fingerprint density at radius 1 is 1.50 bits per heavy atom. The van der Waals surface area contributed by atoms with E-state index < -0.39 is 0 Å². The molecule has 14 heavy (non-hydrogen) atoms. The number of hydrogen-bond donors (Lipinski definition) is 2. The molecule has 3 nitrogen and oxygen atoms in total. The lowest BCUT2D eigenvalue weighted by Gasteiger charge is -2.03. The van der Waals surface area contributed by atoms with Crippen molar-refractivity contribution in [2.45, 2.75) is 18.9 Å². The second-order valence-electron chi connectivity index (χ2n) is 2.97. The first kappa shape index (κ1) is 11.2. The molecule has 0 saturated carbocycles. The van der Waals surface area contributed by atoms with E-state index in [9.17, 15) is 5.11 Å². The van der Waals surface area contributed by atoms with Crippen LogP contribution in [-0.4, -0.2) is 16.7 Å². The van der Waals surface area contributed by atoms with Gasteiger partial charge in [0.1, 0.15) is 0 Å². The van der Waals surface area contributed by atoms with Gasteiger partial charge in [0, 0.05) is 4.47 Å². The summed E-state index contributed by atoms with van der Waals surface area (Å²) in [5, 5.41) is 16.4. The normalized spacial score (nSPS) is 18.0. The van der Waals surface area contributed by atoms with Gasteiger partial charge >= 0.3 is 0 Å². The first-order valence-electron chi connectivity index (χ1n) is 4.24. The van der Waals surface area contributed by atoms with E-state index >= 15 is 0 Å². The van der Waals surface area contributed by atoms with Crippen molar-refractivity contribution in [1.82, 2.24) is 0 Å². The minimum Gasteiger partial charge on any atom is -0.483 e. The fourth-order valence-electron chi connectivity index (χ4n) is 1.59. The third kappa shape index (κ3) is 2.33.